The summed E-state index contributed by atoms with van der Waals surface area (Å²) < 4.78 is 62.6. The first-order valence-corrected chi connectivity index (χ1v) is 9.27. The summed E-state index contributed by atoms with van der Waals surface area (Å²) in [4.78, 5) is 3.45. The van der Waals surface area contributed by atoms with Gasteiger partial charge in [0.15, 0.2) is 0 Å². The van der Waals surface area contributed by atoms with Crippen molar-refractivity contribution >= 4 is 10.0 Å². The van der Waals surface area contributed by atoms with E-state index in [1.165, 1.54) is 4.90 Å². The largest absolute Gasteiger partial charge is 0.401 e. The summed E-state index contributed by atoms with van der Waals surface area (Å²) in [6, 6.07) is -0.0809. The molecule has 1 heterocycles. The Bertz CT molecular complexity index is 454. The molecule has 0 aliphatic carbocycles. The van der Waals surface area contributed by atoms with Crippen LogP contribution in [0.25, 0.3) is 0 Å². The molecule has 0 spiro atoms. The van der Waals surface area contributed by atoms with Crippen LogP contribution < -0.4 is 4.72 Å². The SMILES string of the molecule is CC(C)C(C)N1CCN(CC(F)(F)F)CC1CNS(C)(=O)=O. The molecule has 0 aromatic rings. The van der Waals surface area contributed by atoms with Crippen LogP contribution in [0.3, 0.4) is 0 Å². The van der Waals surface area contributed by atoms with Crippen molar-refractivity contribution in [3.63, 3.8) is 0 Å². The Morgan fingerprint density at radius 2 is 1.82 bits per heavy atom. The molecule has 0 radical (unpaired) electrons. The second kappa shape index (κ2) is 7.46. The molecule has 9 heteroatoms. The smallest absolute Gasteiger partial charge is 0.294 e. The first kappa shape index (κ1) is 19.7. The molecular formula is C13H26F3N3O2S. The third kappa shape index (κ3) is 6.80. The molecule has 0 aromatic carbocycles. The van der Waals surface area contributed by atoms with Crippen LogP contribution in [0.15, 0.2) is 0 Å². The van der Waals surface area contributed by atoms with Crippen LogP contribution in [0.5, 0.6) is 0 Å². The van der Waals surface area contributed by atoms with Crippen LogP contribution in [0.1, 0.15) is 20.8 Å². The maximum atomic E-state index is 12.6. The lowest BCUT2D eigenvalue weighted by atomic mass is 10.0. The minimum Gasteiger partial charge on any atom is -0.294 e. The van der Waals surface area contributed by atoms with Gasteiger partial charge in [-0.05, 0) is 12.8 Å². The minimum absolute atomic E-state index is 0.129. The molecule has 1 N–H and O–H groups in total. The molecule has 132 valence electrons. The summed E-state index contributed by atoms with van der Waals surface area (Å²) in [7, 11) is -3.36. The Labute approximate surface area is 130 Å². The Hall–Kier alpha value is -0.380. The highest BCUT2D eigenvalue weighted by Gasteiger charge is 2.37. The second-order valence-corrected chi connectivity index (χ2v) is 8.18. The molecule has 1 rings (SSSR count). The third-order valence-corrected chi connectivity index (χ3v) is 4.78. The number of nitrogens with one attached hydrogen (secondary N) is 1. The molecule has 1 saturated heterocycles. The van der Waals surface area contributed by atoms with Gasteiger partial charge in [0.1, 0.15) is 0 Å². The van der Waals surface area contributed by atoms with E-state index in [9.17, 15) is 21.6 Å². The van der Waals surface area contributed by atoms with E-state index in [0.29, 0.717) is 19.0 Å². The number of piperazine rings is 1. The molecule has 1 fully saturated rings. The maximum Gasteiger partial charge on any atom is 0.401 e. The van der Waals surface area contributed by atoms with Crippen LogP contribution in [0.2, 0.25) is 0 Å². The zero-order valence-electron chi connectivity index (χ0n) is 13.5. The molecule has 2 unspecified atom stereocenters. The summed E-state index contributed by atoms with van der Waals surface area (Å²) in [5.41, 5.74) is 0. The number of halogens is 3. The first-order chi connectivity index (χ1) is 9.89. The number of alkyl halides is 3. The highest BCUT2D eigenvalue weighted by molar-refractivity contribution is 7.88. The zero-order chi connectivity index (χ0) is 17.1. The lowest BCUT2D eigenvalue weighted by Crippen LogP contribution is -2.61. The van der Waals surface area contributed by atoms with Crippen molar-refractivity contribution in [2.45, 2.75) is 39.0 Å². The molecule has 1 aliphatic rings. The van der Waals surface area contributed by atoms with Crippen molar-refractivity contribution in [1.29, 1.82) is 0 Å². The summed E-state index contributed by atoms with van der Waals surface area (Å²) in [6.07, 6.45) is -3.18. The van der Waals surface area contributed by atoms with Gasteiger partial charge in [-0.25, -0.2) is 13.1 Å². The second-order valence-electron chi connectivity index (χ2n) is 6.35. The number of hydrogen-bond donors (Lipinski definition) is 1. The standard InChI is InChI=1S/C13H26F3N3O2S/c1-10(2)11(3)19-6-5-18(9-13(14,15)16)8-12(19)7-17-22(4,20)21/h10-12,17H,5-9H2,1-4H3. The van der Waals surface area contributed by atoms with Crippen molar-refractivity contribution in [3.8, 4) is 0 Å². The molecule has 22 heavy (non-hydrogen) atoms. The monoisotopic (exact) mass is 345 g/mol. The topological polar surface area (TPSA) is 52.6 Å². The van der Waals surface area contributed by atoms with E-state index in [-0.39, 0.29) is 25.2 Å². The van der Waals surface area contributed by atoms with Gasteiger partial charge in [0.05, 0.1) is 12.8 Å². The fourth-order valence-corrected chi connectivity index (χ4v) is 3.17. The van der Waals surface area contributed by atoms with Gasteiger partial charge in [0.2, 0.25) is 10.0 Å². The van der Waals surface area contributed by atoms with E-state index < -0.39 is 22.7 Å². The molecule has 0 bridgehead atoms. The van der Waals surface area contributed by atoms with Gasteiger partial charge in [-0.15, -0.1) is 0 Å². The summed E-state index contributed by atoms with van der Waals surface area (Å²) in [5, 5.41) is 0. The van der Waals surface area contributed by atoms with Crippen molar-refractivity contribution in [2.75, 3.05) is 39.0 Å². The van der Waals surface area contributed by atoms with Crippen LogP contribution in [0, 0.1) is 5.92 Å². The predicted octanol–water partition coefficient (Wildman–Crippen LogP) is 1.13. The fraction of sp³-hybridized carbons (Fsp3) is 1.00. The van der Waals surface area contributed by atoms with E-state index in [2.05, 4.69) is 9.62 Å². The summed E-state index contributed by atoms with van der Waals surface area (Å²) >= 11 is 0. The quantitative estimate of drug-likeness (QED) is 0.784. The number of sulfonamides is 1. The van der Waals surface area contributed by atoms with Crippen LogP contribution >= 0.6 is 0 Å². The molecule has 0 aromatic heterocycles. The Balaban J connectivity index is 2.77. The average Bonchev–Trinajstić information content (AvgIpc) is 2.32. The summed E-state index contributed by atoms with van der Waals surface area (Å²) in [6.45, 7) is 6.35. The molecule has 0 amide bonds. The number of nitrogens with zero attached hydrogens (tertiary/aromatic N) is 2. The molecule has 1 aliphatic heterocycles. The lowest BCUT2D eigenvalue weighted by Gasteiger charge is -2.45. The number of hydrogen-bond acceptors (Lipinski definition) is 4. The molecular weight excluding hydrogens is 319 g/mol. The Kier molecular flexibility index (Phi) is 6.67. The highest BCUT2D eigenvalue weighted by Crippen LogP contribution is 2.22. The van der Waals surface area contributed by atoms with E-state index >= 15 is 0 Å². The van der Waals surface area contributed by atoms with E-state index in [0.717, 1.165) is 6.26 Å². The van der Waals surface area contributed by atoms with Gasteiger partial charge in [0.25, 0.3) is 0 Å². The zero-order valence-corrected chi connectivity index (χ0v) is 14.3. The minimum atomic E-state index is -4.24. The highest BCUT2D eigenvalue weighted by atomic mass is 32.2. The Morgan fingerprint density at radius 1 is 1.23 bits per heavy atom. The van der Waals surface area contributed by atoms with Gasteiger partial charge in [0, 0.05) is 38.3 Å². The average molecular weight is 345 g/mol. The normalized spacial score (nSPS) is 23.9. The van der Waals surface area contributed by atoms with Crippen LogP contribution in [-0.4, -0.2) is 75.5 Å². The molecule has 2 atom stereocenters. The van der Waals surface area contributed by atoms with Crippen molar-refractivity contribution in [1.82, 2.24) is 14.5 Å². The fourth-order valence-electron chi connectivity index (χ4n) is 2.68. The predicted molar refractivity (Wildman–Crippen MR) is 80.1 cm³/mol. The third-order valence-electron chi connectivity index (χ3n) is 4.08. The van der Waals surface area contributed by atoms with Gasteiger partial charge < -0.3 is 0 Å². The van der Waals surface area contributed by atoms with Gasteiger partial charge in [-0.1, -0.05) is 13.8 Å². The van der Waals surface area contributed by atoms with Crippen LogP contribution in [-0.2, 0) is 10.0 Å². The number of rotatable bonds is 6. The van der Waals surface area contributed by atoms with E-state index in [1.807, 2.05) is 20.8 Å². The van der Waals surface area contributed by atoms with Crippen LogP contribution in [0.4, 0.5) is 13.2 Å². The van der Waals surface area contributed by atoms with Gasteiger partial charge in [-0.3, -0.25) is 9.80 Å². The van der Waals surface area contributed by atoms with E-state index in [4.69, 9.17) is 0 Å². The lowest BCUT2D eigenvalue weighted by molar-refractivity contribution is -0.152. The van der Waals surface area contributed by atoms with Crippen molar-refractivity contribution in [3.05, 3.63) is 0 Å². The van der Waals surface area contributed by atoms with E-state index in [1.54, 1.807) is 0 Å². The van der Waals surface area contributed by atoms with Crippen molar-refractivity contribution in [2.24, 2.45) is 5.92 Å². The van der Waals surface area contributed by atoms with Gasteiger partial charge >= 0.3 is 6.18 Å². The molecule has 0 saturated carbocycles. The van der Waals surface area contributed by atoms with Gasteiger partial charge in [-0.2, -0.15) is 13.2 Å². The molecule has 5 nitrogen and oxygen atoms in total. The Morgan fingerprint density at radius 3 is 2.27 bits per heavy atom. The summed E-state index contributed by atoms with van der Waals surface area (Å²) in [5.74, 6) is 0.342. The maximum absolute atomic E-state index is 12.6. The van der Waals surface area contributed by atoms with Crippen molar-refractivity contribution < 1.29 is 21.6 Å². The first-order valence-electron chi connectivity index (χ1n) is 7.38.